The summed E-state index contributed by atoms with van der Waals surface area (Å²) < 4.78 is 1.85. The number of hydrogen-bond donors (Lipinski definition) is 2. The van der Waals surface area contributed by atoms with Crippen LogP contribution in [0.5, 0.6) is 0 Å². The lowest BCUT2D eigenvalue weighted by Gasteiger charge is -2.06. The van der Waals surface area contributed by atoms with Crippen LogP contribution in [0.15, 0.2) is 12.4 Å². The molecule has 2 rings (SSSR count). The average Bonchev–Trinajstić information content (AvgIpc) is 2.67. The van der Waals surface area contributed by atoms with Gasteiger partial charge in [-0.3, -0.25) is 9.20 Å². The number of carbonyl (C=O) groups is 1. The van der Waals surface area contributed by atoms with Crippen LogP contribution in [0, 0.1) is 6.92 Å². The average molecular weight is 234 g/mol. The van der Waals surface area contributed by atoms with Crippen molar-refractivity contribution in [3.8, 4) is 0 Å². The SMILES string of the molecule is CC(=O)NCCNc1nccn2c(C)nnc12. The summed E-state index contributed by atoms with van der Waals surface area (Å²) in [7, 11) is 0. The van der Waals surface area contributed by atoms with Crippen LogP contribution in [-0.4, -0.2) is 38.6 Å². The fourth-order valence-electron chi connectivity index (χ4n) is 1.49. The van der Waals surface area contributed by atoms with E-state index in [1.54, 1.807) is 6.20 Å². The molecule has 0 fully saturated rings. The predicted molar refractivity (Wildman–Crippen MR) is 62.7 cm³/mol. The Morgan fingerprint density at radius 3 is 3.00 bits per heavy atom. The van der Waals surface area contributed by atoms with E-state index in [0.29, 0.717) is 24.6 Å². The second-order valence-electron chi connectivity index (χ2n) is 3.63. The maximum Gasteiger partial charge on any atom is 0.216 e. The minimum absolute atomic E-state index is 0.0451. The van der Waals surface area contributed by atoms with Crippen LogP contribution >= 0.6 is 0 Å². The maximum atomic E-state index is 10.7. The monoisotopic (exact) mass is 234 g/mol. The molecule has 2 heterocycles. The van der Waals surface area contributed by atoms with E-state index in [-0.39, 0.29) is 5.91 Å². The van der Waals surface area contributed by atoms with Crippen molar-refractivity contribution in [2.24, 2.45) is 0 Å². The van der Waals surface area contributed by atoms with Gasteiger partial charge in [0.15, 0.2) is 5.82 Å². The van der Waals surface area contributed by atoms with Gasteiger partial charge in [-0.1, -0.05) is 0 Å². The van der Waals surface area contributed by atoms with Crippen molar-refractivity contribution in [1.82, 2.24) is 24.9 Å². The lowest BCUT2D eigenvalue weighted by molar-refractivity contribution is -0.118. The Morgan fingerprint density at radius 1 is 1.41 bits per heavy atom. The molecule has 7 heteroatoms. The molecule has 17 heavy (non-hydrogen) atoms. The van der Waals surface area contributed by atoms with Gasteiger partial charge in [-0.15, -0.1) is 10.2 Å². The number of carbonyl (C=O) groups excluding carboxylic acids is 1. The highest BCUT2D eigenvalue weighted by Gasteiger charge is 2.06. The zero-order valence-electron chi connectivity index (χ0n) is 9.77. The van der Waals surface area contributed by atoms with Gasteiger partial charge in [-0.05, 0) is 6.92 Å². The second-order valence-corrected chi connectivity index (χ2v) is 3.63. The lowest BCUT2D eigenvalue weighted by Crippen LogP contribution is -2.26. The molecule has 0 aliphatic rings. The van der Waals surface area contributed by atoms with Crippen molar-refractivity contribution in [2.75, 3.05) is 18.4 Å². The van der Waals surface area contributed by atoms with E-state index in [9.17, 15) is 4.79 Å². The molecular formula is C10H14N6O. The molecule has 1 amide bonds. The van der Waals surface area contributed by atoms with E-state index in [1.807, 2.05) is 17.5 Å². The van der Waals surface area contributed by atoms with Crippen LogP contribution in [0.2, 0.25) is 0 Å². The van der Waals surface area contributed by atoms with Crippen LogP contribution in [0.1, 0.15) is 12.7 Å². The fourth-order valence-corrected chi connectivity index (χ4v) is 1.49. The summed E-state index contributed by atoms with van der Waals surface area (Å²) >= 11 is 0. The summed E-state index contributed by atoms with van der Waals surface area (Å²) in [5.41, 5.74) is 0.688. The smallest absolute Gasteiger partial charge is 0.216 e. The highest BCUT2D eigenvalue weighted by Crippen LogP contribution is 2.10. The molecule has 2 aromatic rings. The Balaban J connectivity index is 2.06. The van der Waals surface area contributed by atoms with Crippen LogP contribution in [0.25, 0.3) is 5.65 Å². The molecule has 2 aromatic heterocycles. The van der Waals surface area contributed by atoms with Crippen LogP contribution in [-0.2, 0) is 4.79 Å². The minimum atomic E-state index is -0.0451. The zero-order valence-corrected chi connectivity index (χ0v) is 9.77. The number of nitrogens with zero attached hydrogens (tertiary/aromatic N) is 4. The molecule has 0 radical (unpaired) electrons. The number of hydrogen-bond acceptors (Lipinski definition) is 5. The Hall–Kier alpha value is -2.18. The third-order valence-electron chi connectivity index (χ3n) is 2.29. The molecule has 0 atom stereocenters. The van der Waals surface area contributed by atoms with E-state index in [0.717, 1.165) is 5.82 Å². The van der Waals surface area contributed by atoms with Crippen molar-refractivity contribution in [3.05, 3.63) is 18.2 Å². The first-order valence-electron chi connectivity index (χ1n) is 5.33. The third-order valence-corrected chi connectivity index (χ3v) is 2.29. The summed E-state index contributed by atoms with van der Waals surface area (Å²) in [6, 6.07) is 0. The standard InChI is InChI=1S/C10H14N6O/c1-7-14-15-10-9(13-5-6-16(7)10)12-4-3-11-8(2)17/h5-6H,3-4H2,1-2H3,(H,11,17)(H,12,13). The number of fused-ring (bicyclic) bond motifs is 1. The zero-order chi connectivity index (χ0) is 12.3. The summed E-state index contributed by atoms with van der Waals surface area (Å²) in [6.45, 7) is 4.51. The molecule has 0 saturated carbocycles. The van der Waals surface area contributed by atoms with Gasteiger partial charge < -0.3 is 10.6 Å². The highest BCUT2D eigenvalue weighted by atomic mass is 16.1. The van der Waals surface area contributed by atoms with Crippen LogP contribution in [0.4, 0.5) is 5.82 Å². The summed E-state index contributed by atoms with van der Waals surface area (Å²) in [6.07, 6.45) is 3.49. The van der Waals surface area contributed by atoms with Gasteiger partial charge in [-0.2, -0.15) is 0 Å². The van der Waals surface area contributed by atoms with Crippen molar-refractivity contribution >= 4 is 17.4 Å². The van der Waals surface area contributed by atoms with Gasteiger partial charge in [0, 0.05) is 32.4 Å². The van der Waals surface area contributed by atoms with Gasteiger partial charge in [0.25, 0.3) is 0 Å². The molecular weight excluding hydrogens is 220 g/mol. The van der Waals surface area contributed by atoms with Gasteiger partial charge in [0.2, 0.25) is 11.6 Å². The molecule has 0 aliphatic carbocycles. The van der Waals surface area contributed by atoms with E-state index in [2.05, 4.69) is 25.8 Å². The largest absolute Gasteiger partial charge is 0.365 e. The molecule has 0 aliphatic heterocycles. The number of anilines is 1. The van der Waals surface area contributed by atoms with Crippen LogP contribution in [0.3, 0.4) is 0 Å². The molecule has 7 nitrogen and oxygen atoms in total. The molecule has 0 bridgehead atoms. The Labute approximate surface area is 98.3 Å². The Bertz CT molecular complexity index is 535. The molecule has 0 spiro atoms. The normalized spacial score (nSPS) is 10.5. The van der Waals surface area contributed by atoms with Crippen molar-refractivity contribution < 1.29 is 4.79 Å². The van der Waals surface area contributed by atoms with Crippen molar-refractivity contribution in [3.63, 3.8) is 0 Å². The lowest BCUT2D eigenvalue weighted by atomic mass is 10.5. The Morgan fingerprint density at radius 2 is 2.24 bits per heavy atom. The highest BCUT2D eigenvalue weighted by molar-refractivity contribution is 5.72. The molecule has 0 saturated heterocycles. The predicted octanol–water partition coefficient (Wildman–Crippen LogP) is -0.0193. The van der Waals surface area contributed by atoms with Gasteiger partial charge in [0.1, 0.15) is 5.82 Å². The van der Waals surface area contributed by atoms with Crippen LogP contribution < -0.4 is 10.6 Å². The van der Waals surface area contributed by atoms with Gasteiger partial charge in [-0.25, -0.2) is 4.98 Å². The van der Waals surface area contributed by atoms with E-state index < -0.39 is 0 Å². The first-order valence-corrected chi connectivity index (χ1v) is 5.33. The first-order chi connectivity index (χ1) is 8.18. The minimum Gasteiger partial charge on any atom is -0.365 e. The van der Waals surface area contributed by atoms with E-state index in [1.165, 1.54) is 6.92 Å². The summed E-state index contributed by atoms with van der Waals surface area (Å²) in [4.78, 5) is 14.9. The number of rotatable bonds is 4. The van der Waals surface area contributed by atoms with Crippen molar-refractivity contribution in [2.45, 2.75) is 13.8 Å². The summed E-state index contributed by atoms with van der Waals surface area (Å²) in [5, 5.41) is 13.8. The summed E-state index contributed by atoms with van der Waals surface area (Å²) in [5.74, 6) is 1.43. The van der Waals surface area contributed by atoms with E-state index >= 15 is 0 Å². The molecule has 90 valence electrons. The first kappa shape index (κ1) is 11.3. The molecule has 0 unspecified atom stereocenters. The Kier molecular flexibility index (Phi) is 3.17. The van der Waals surface area contributed by atoms with E-state index in [4.69, 9.17) is 0 Å². The number of nitrogens with one attached hydrogen (secondary N) is 2. The molecule has 0 aromatic carbocycles. The number of aryl methyl sites for hydroxylation is 1. The fraction of sp³-hybridized carbons (Fsp3) is 0.400. The topological polar surface area (TPSA) is 84.2 Å². The maximum absolute atomic E-state index is 10.7. The number of aromatic nitrogens is 4. The number of amides is 1. The van der Waals surface area contributed by atoms with Gasteiger partial charge in [0.05, 0.1) is 0 Å². The second kappa shape index (κ2) is 4.77. The van der Waals surface area contributed by atoms with Gasteiger partial charge >= 0.3 is 0 Å². The molecule has 2 N–H and O–H groups in total. The quantitative estimate of drug-likeness (QED) is 0.726. The van der Waals surface area contributed by atoms with Crippen molar-refractivity contribution in [1.29, 1.82) is 0 Å². The third kappa shape index (κ3) is 2.49.